The van der Waals surface area contributed by atoms with E-state index in [9.17, 15) is 0 Å². The smallest absolute Gasteiger partial charge is 0.115 e. The fourth-order valence-corrected chi connectivity index (χ4v) is 3.80. The highest BCUT2D eigenvalue weighted by molar-refractivity contribution is 6.94. The Bertz CT molecular complexity index is 303. The average Bonchev–Trinajstić information content (AvgIpc) is 3.14. The van der Waals surface area contributed by atoms with Crippen LogP contribution in [0.2, 0.25) is 12.1 Å². The van der Waals surface area contributed by atoms with E-state index in [2.05, 4.69) is 36.8 Å². The second-order valence-electron chi connectivity index (χ2n) is 4.88. The van der Waals surface area contributed by atoms with Gasteiger partial charge < -0.3 is 0 Å². The van der Waals surface area contributed by atoms with Gasteiger partial charge in [-0.15, -0.1) is 22.9 Å². The molecule has 0 nitrogen and oxygen atoms in total. The lowest BCUT2D eigenvalue weighted by molar-refractivity contribution is 1.18. The van der Waals surface area contributed by atoms with Crippen LogP contribution in [-0.4, -0.2) is 8.07 Å². The highest BCUT2D eigenvalue weighted by atomic mass is 28.3. The Morgan fingerprint density at radius 3 is 1.53 bits per heavy atom. The molecule has 0 atom stereocenters. The highest BCUT2D eigenvalue weighted by Gasteiger charge is 2.27. The molecule has 2 fully saturated rings. The molecule has 2 saturated carbocycles. The largest absolute Gasteiger partial charge is 0.216 e. The van der Waals surface area contributed by atoms with Gasteiger partial charge in [0.2, 0.25) is 8.07 Å². The van der Waals surface area contributed by atoms with E-state index in [1.165, 1.54) is 37.8 Å². The lowest BCUT2D eigenvalue weighted by atomic mass is 10.5. The monoisotopic (exact) mass is 216 g/mol. The molecule has 2 rings (SSSR count). The van der Waals surface area contributed by atoms with Crippen molar-refractivity contribution in [2.24, 2.45) is 11.8 Å². The maximum atomic E-state index is 3.59. The molecule has 80 valence electrons. The van der Waals surface area contributed by atoms with E-state index in [1.807, 2.05) is 0 Å². The molecule has 0 radical (unpaired) electrons. The molecule has 0 heterocycles. The van der Waals surface area contributed by atoms with Crippen molar-refractivity contribution in [2.45, 2.75) is 51.6 Å². The summed E-state index contributed by atoms with van der Waals surface area (Å²) >= 11 is 0. The van der Waals surface area contributed by atoms with Gasteiger partial charge in [-0.25, -0.2) is 0 Å². The standard InChI is InChI=1S/C14H20Si/c1-3-15(4-2,11-9-13-5-6-13)12-10-14-7-8-14/h13-14H,3-8H2,1-2H3. The van der Waals surface area contributed by atoms with Crippen LogP contribution < -0.4 is 0 Å². The molecule has 0 N–H and O–H groups in total. The van der Waals surface area contributed by atoms with Crippen LogP contribution in [0, 0.1) is 34.8 Å². The van der Waals surface area contributed by atoms with Gasteiger partial charge in [0.15, 0.2) is 0 Å². The van der Waals surface area contributed by atoms with E-state index in [0.717, 1.165) is 11.8 Å². The topological polar surface area (TPSA) is 0 Å². The Morgan fingerprint density at radius 2 is 1.27 bits per heavy atom. The van der Waals surface area contributed by atoms with E-state index < -0.39 is 8.07 Å². The fourth-order valence-electron chi connectivity index (χ4n) is 1.57. The van der Waals surface area contributed by atoms with Crippen molar-refractivity contribution in [3.05, 3.63) is 0 Å². The Kier molecular flexibility index (Phi) is 3.22. The Balaban J connectivity index is 2.07. The molecule has 15 heavy (non-hydrogen) atoms. The van der Waals surface area contributed by atoms with Crippen LogP contribution >= 0.6 is 0 Å². The summed E-state index contributed by atoms with van der Waals surface area (Å²) in [5.74, 6) is 8.37. The molecular formula is C14H20Si. The summed E-state index contributed by atoms with van der Waals surface area (Å²) in [7, 11) is -1.51. The van der Waals surface area contributed by atoms with E-state index >= 15 is 0 Å². The normalized spacial score (nSPS) is 19.9. The molecule has 0 spiro atoms. The van der Waals surface area contributed by atoms with Gasteiger partial charge in [0.1, 0.15) is 0 Å². The van der Waals surface area contributed by atoms with Gasteiger partial charge in [0.05, 0.1) is 0 Å². The molecule has 1 heteroatoms. The first-order chi connectivity index (χ1) is 7.28. The molecule has 0 bridgehead atoms. The van der Waals surface area contributed by atoms with Crippen LogP contribution in [0.15, 0.2) is 0 Å². The van der Waals surface area contributed by atoms with Crippen LogP contribution in [0.1, 0.15) is 39.5 Å². The molecule has 0 amide bonds. The SMILES string of the molecule is CC[Si](C#CC1CC1)(C#CC1CC1)CC. The van der Waals surface area contributed by atoms with Crippen molar-refractivity contribution in [1.29, 1.82) is 0 Å². The van der Waals surface area contributed by atoms with Crippen molar-refractivity contribution < 1.29 is 0 Å². The zero-order chi connectivity index (χ0) is 10.7. The van der Waals surface area contributed by atoms with Crippen molar-refractivity contribution in [3.63, 3.8) is 0 Å². The molecule has 0 aromatic carbocycles. The molecule has 0 unspecified atom stereocenters. The van der Waals surface area contributed by atoms with Crippen LogP contribution in [0.5, 0.6) is 0 Å². The van der Waals surface area contributed by atoms with Crippen molar-refractivity contribution in [1.82, 2.24) is 0 Å². The van der Waals surface area contributed by atoms with Crippen LogP contribution in [0.25, 0.3) is 0 Å². The summed E-state index contributed by atoms with van der Waals surface area (Å²) in [6, 6.07) is 2.42. The third-order valence-corrected chi connectivity index (χ3v) is 7.05. The molecule has 0 saturated heterocycles. The lowest BCUT2D eigenvalue weighted by Gasteiger charge is -2.14. The molecule has 2 aliphatic rings. The van der Waals surface area contributed by atoms with E-state index in [4.69, 9.17) is 0 Å². The quantitative estimate of drug-likeness (QED) is 0.490. The summed E-state index contributed by atoms with van der Waals surface area (Å²) in [6.45, 7) is 4.55. The molecule has 0 aromatic rings. The minimum absolute atomic E-state index is 0.734. The maximum absolute atomic E-state index is 3.59. The maximum Gasteiger partial charge on any atom is 0.216 e. The molecular weight excluding hydrogens is 196 g/mol. The van der Waals surface area contributed by atoms with Gasteiger partial charge >= 0.3 is 0 Å². The van der Waals surface area contributed by atoms with Crippen LogP contribution in [-0.2, 0) is 0 Å². The van der Waals surface area contributed by atoms with Gasteiger partial charge in [-0.1, -0.05) is 13.8 Å². The molecule has 0 aliphatic heterocycles. The van der Waals surface area contributed by atoms with Crippen LogP contribution in [0.3, 0.4) is 0 Å². The first kappa shape index (κ1) is 10.8. The number of rotatable bonds is 2. The second-order valence-corrected chi connectivity index (χ2v) is 8.95. The van der Waals surface area contributed by atoms with Gasteiger partial charge in [-0.3, -0.25) is 0 Å². The predicted octanol–water partition coefficient (Wildman–Crippen LogP) is 3.38. The van der Waals surface area contributed by atoms with E-state index in [-0.39, 0.29) is 0 Å². The Labute approximate surface area is 94.9 Å². The molecule has 0 aromatic heterocycles. The minimum Gasteiger partial charge on any atom is -0.115 e. The van der Waals surface area contributed by atoms with Gasteiger partial charge in [0, 0.05) is 11.8 Å². The van der Waals surface area contributed by atoms with Crippen LogP contribution in [0.4, 0.5) is 0 Å². The Morgan fingerprint density at radius 1 is 0.867 bits per heavy atom. The summed E-state index contributed by atoms with van der Waals surface area (Å²) in [5.41, 5.74) is 7.19. The molecule has 2 aliphatic carbocycles. The van der Waals surface area contributed by atoms with E-state index in [0.29, 0.717) is 0 Å². The third kappa shape index (κ3) is 3.15. The van der Waals surface area contributed by atoms with Gasteiger partial charge in [-0.2, -0.15) is 0 Å². The summed E-state index contributed by atoms with van der Waals surface area (Å²) in [6.07, 6.45) is 5.34. The average molecular weight is 216 g/mol. The summed E-state index contributed by atoms with van der Waals surface area (Å²) < 4.78 is 0. The zero-order valence-corrected chi connectivity index (χ0v) is 10.9. The van der Waals surface area contributed by atoms with E-state index in [1.54, 1.807) is 0 Å². The number of hydrogen-bond donors (Lipinski definition) is 0. The van der Waals surface area contributed by atoms with Crippen molar-refractivity contribution in [3.8, 4) is 22.9 Å². The second kappa shape index (κ2) is 4.46. The number of hydrogen-bond acceptors (Lipinski definition) is 0. The zero-order valence-electron chi connectivity index (χ0n) is 9.90. The highest BCUT2D eigenvalue weighted by Crippen LogP contribution is 2.29. The predicted molar refractivity (Wildman–Crippen MR) is 67.7 cm³/mol. The van der Waals surface area contributed by atoms with Crippen molar-refractivity contribution >= 4 is 8.07 Å². The van der Waals surface area contributed by atoms with Gasteiger partial charge in [0.25, 0.3) is 0 Å². The fraction of sp³-hybridized carbons (Fsp3) is 0.714. The summed E-state index contributed by atoms with van der Waals surface area (Å²) in [5, 5.41) is 0. The first-order valence-electron chi connectivity index (χ1n) is 6.33. The first-order valence-corrected chi connectivity index (χ1v) is 8.75. The Hall–Kier alpha value is -0.663. The minimum atomic E-state index is -1.51. The summed E-state index contributed by atoms with van der Waals surface area (Å²) in [4.78, 5) is 0. The van der Waals surface area contributed by atoms with Crippen molar-refractivity contribution in [2.75, 3.05) is 0 Å². The third-order valence-electron chi connectivity index (χ3n) is 3.39. The lowest BCUT2D eigenvalue weighted by Crippen LogP contribution is -2.29. The van der Waals surface area contributed by atoms with Gasteiger partial charge in [-0.05, 0) is 37.8 Å².